The van der Waals surface area contributed by atoms with Crippen LogP contribution in [-0.2, 0) is 0 Å². The molecule has 1 saturated heterocycles. The van der Waals surface area contributed by atoms with Crippen LogP contribution in [-0.4, -0.2) is 31.1 Å². The molecule has 1 fully saturated rings. The number of hydrogen-bond acceptors (Lipinski definition) is 2. The number of allylic oxidation sites excluding steroid dienone is 3. The zero-order valence-electron chi connectivity index (χ0n) is 14.0. The zero-order chi connectivity index (χ0) is 15.9. The average molecular weight is 288 g/mol. The quantitative estimate of drug-likeness (QED) is 0.844. The number of hydrogen-bond donors (Lipinski definition) is 1. The lowest BCUT2D eigenvalue weighted by molar-refractivity contribution is 0.344. The van der Waals surface area contributed by atoms with Gasteiger partial charge in [0.1, 0.15) is 0 Å². The molecule has 21 heavy (non-hydrogen) atoms. The minimum Gasteiger partial charge on any atom is -0.329 e. The Morgan fingerprint density at radius 2 is 1.76 bits per heavy atom. The second-order valence-corrected chi connectivity index (χ2v) is 5.06. The van der Waals surface area contributed by atoms with E-state index in [0.717, 1.165) is 19.0 Å². The van der Waals surface area contributed by atoms with Crippen molar-refractivity contribution in [2.24, 2.45) is 5.73 Å². The van der Waals surface area contributed by atoms with Crippen LogP contribution in [0.2, 0.25) is 0 Å². The van der Waals surface area contributed by atoms with Gasteiger partial charge in [0.2, 0.25) is 0 Å². The first-order chi connectivity index (χ1) is 10.2. The maximum Gasteiger partial charge on any atom is 0.0105 e. The van der Waals surface area contributed by atoms with E-state index in [1.807, 2.05) is 32.9 Å². The first kappa shape index (κ1) is 19.6. The molecule has 0 aromatic heterocycles. The molecule has 2 heteroatoms. The largest absolute Gasteiger partial charge is 0.329 e. The van der Waals surface area contributed by atoms with Crippen molar-refractivity contribution in [2.75, 3.05) is 26.2 Å². The summed E-state index contributed by atoms with van der Waals surface area (Å²) in [6, 6.07) is 10.8. The van der Waals surface area contributed by atoms with Gasteiger partial charge in [-0.15, -0.1) is 6.58 Å². The summed E-state index contributed by atoms with van der Waals surface area (Å²) < 4.78 is 0. The van der Waals surface area contributed by atoms with Crippen LogP contribution in [0, 0.1) is 0 Å². The van der Waals surface area contributed by atoms with Gasteiger partial charge in [0.25, 0.3) is 0 Å². The number of nitrogens with zero attached hydrogens (tertiary/aromatic N) is 1. The van der Waals surface area contributed by atoms with Crippen molar-refractivity contribution < 1.29 is 0 Å². The molecule has 1 unspecified atom stereocenters. The molecule has 0 aliphatic carbocycles. The molecule has 1 atom stereocenters. The minimum absolute atomic E-state index is 0.725. The van der Waals surface area contributed by atoms with Gasteiger partial charge in [-0.1, -0.05) is 48.6 Å². The van der Waals surface area contributed by atoms with Gasteiger partial charge in [-0.3, -0.25) is 0 Å². The molecule has 2 rings (SSSR count). The normalized spacial score (nSPS) is 17.6. The van der Waals surface area contributed by atoms with Gasteiger partial charge >= 0.3 is 0 Å². The molecule has 1 aromatic carbocycles. The van der Waals surface area contributed by atoms with Gasteiger partial charge in [0.05, 0.1) is 0 Å². The van der Waals surface area contributed by atoms with Gasteiger partial charge in [-0.2, -0.15) is 0 Å². The average Bonchev–Trinajstić information content (AvgIpc) is 2.98. The van der Waals surface area contributed by atoms with E-state index in [1.165, 1.54) is 25.1 Å². The fourth-order valence-corrected chi connectivity index (χ4v) is 2.22. The number of nitrogens with two attached hydrogens (primary N) is 1. The molecular weight excluding hydrogens is 256 g/mol. The molecule has 0 amide bonds. The first-order valence-corrected chi connectivity index (χ1v) is 7.85. The summed E-state index contributed by atoms with van der Waals surface area (Å²) >= 11 is 0. The Morgan fingerprint density at radius 3 is 2.24 bits per heavy atom. The van der Waals surface area contributed by atoms with Gasteiger partial charge in [0, 0.05) is 19.6 Å². The molecule has 0 bridgehead atoms. The molecule has 0 spiro atoms. The zero-order valence-corrected chi connectivity index (χ0v) is 14.0. The van der Waals surface area contributed by atoms with E-state index < -0.39 is 0 Å². The summed E-state index contributed by atoms with van der Waals surface area (Å²) in [6.07, 6.45) is 7.03. The molecule has 0 radical (unpaired) electrons. The van der Waals surface area contributed by atoms with Crippen molar-refractivity contribution in [3.05, 3.63) is 60.7 Å². The summed E-state index contributed by atoms with van der Waals surface area (Å²) in [7, 11) is 0. The SMILES string of the molecule is C/C=C\C.C=CC.NCCN1CCC(c2ccccc2)C1. The van der Waals surface area contributed by atoms with E-state index in [2.05, 4.69) is 41.8 Å². The van der Waals surface area contributed by atoms with Gasteiger partial charge in [-0.05, 0) is 45.2 Å². The van der Waals surface area contributed by atoms with E-state index in [4.69, 9.17) is 5.73 Å². The Labute approximate surface area is 131 Å². The van der Waals surface area contributed by atoms with Crippen LogP contribution in [0.5, 0.6) is 0 Å². The highest BCUT2D eigenvalue weighted by Crippen LogP contribution is 2.26. The lowest BCUT2D eigenvalue weighted by atomic mass is 9.99. The van der Waals surface area contributed by atoms with E-state index in [0.29, 0.717) is 0 Å². The minimum atomic E-state index is 0.725. The predicted molar refractivity (Wildman–Crippen MR) is 95.7 cm³/mol. The monoisotopic (exact) mass is 288 g/mol. The standard InChI is InChI=1S/C12H18N2.C4H8.C3H6/c13-7-9-14-8-6-12(10-14)11-4-2-1-3-5-11;1-3-4-2;1-3-2/h1-5,12H,6-10,13H2;3-4H,1-2H3;3H,1H2,2H3/b;4-3-;. The molecule has 1 aliphatic heterocycles. The molecule has 1 heterocycles. The second-order valence-electron chi connectivity index (χ2n) is 5.06. The van der Waals surface area contributed by atoms with Crippen LogP contribution >= 0.6 is 0 Å². The summed E-state index contributed by atoms with van der Waals surface area (Å²) in [5, 5.41) is 0. The summed E-state index contributed by atoms with van der Waals surface area (Å²) in [5.74, 6) is 0.725. The van der Waals surface area contributed by atoms with Crippen LogP contribution in [0.3, 0.4) is 0 Å². The Kier molecular flexibility index (Phi) is 12.7. The maximum atomic E-state index is 5.55. The highest BCUT2D eigenvalue weighted by atomic mass is 15.1. The lowest BCUT2D eigenvalue weighted by Crippen LogP contribution is -2.26. The van der Waals surface area contributed by atoms with Crippen LogP contribution in [0.25, 0.3) is 0 Å². The predicted octanol–water partition coefficient (Wildman–Crippen LogP) is 4.21. The van der Waals surface area contributed by atoms with Crippen LogP contribution in [0.4, 0.5) is 0 Å². The van der Waals surface area contributed by atoms with Crippen molar-refractivity contribution in [3.63, 3.8) is 0 Å². The summed E-state index contributed by atoms with van der Waals surface area (Å²) in [5.41, 5.74) is 7.03. The Hall–Kier alpha value is -1.38. The summed E-state index contributed by atoms with van der Waals surface area (Å²) in [6.45, 7) is 13.5. The first-order valence-electron chi connectivity index (χ1n) is 7.85. The Bertz CT molecular complexity index is 366. The van der Waals surface area contributed by atoms with Gasteiger partial charge < -0.3 is 10.6 Å². The van der Waals surface area contributed by atoms with E-state index in [9.17, 15) is 0 Å². The molecule has 1 aliphatic rings. The second kappa shape index (κ2) is 13.6. The van der Waals surface area contributed by atoms with Crippen molar-refractivity contribution in [3.8, 4) is 0 Å². The Morgan fingerprint density at radius 1 is 1.19 bits per heavy atom. The summed E-state index contributed by atoms with van der Waals surface area (Å²) in [4.78, 5) is 2.46. The highest BCUT2D eigenvalue weighted by Gasteiger charge is 2.22. The highest BCUT2D eigenvalue weighted by molar-refractivity contribution is 5.20. The van der Waals surface area contributed by atoms with Crippen molar-refractivity contribution >= 4 is 0 Å². The van der Waals surface area contributed by atoms with Crippen molar-refractivity contribution in [2.45, 2.75) is 33.1 Å². The van der Waals surface area contributed by atoms with E-state index >= 15 is 0 Å². The van der Waals surface area contributed by atoms with Gasteiger partial charge in [-0.25, -0.2) is 0 Å². The third-order valence-electron chi connectivity index (χ3n) is 3.32. The fraction of sp³-hybridized carbons (Fsp3) is 0.474. The van der Waals surface area contributed by atoms with Crippen LogP contribution in [0.15, 0.2) is 55.1 Å². The molecular formula is C19H32N2. The lowest BCUT2D eigenvalue weighted by Gasteiger charge is -2.14. The molecule has 0 saturated carbocycles. The van der Waals surface area contributed by atoms with Crippen LogP contribution in [0.1, 0.15) is 38.7 Å². The third kappa shape index (κ3) is 9.22. The van der Waals surface area contributed by atoms with E-state index in [1.54, 1.807) is 6.08 Å². The number of rotatable bonds is 3. The Balaban J connectivity index is 0.000000486. The topological polar surface area (TPSA) is 29.3 Å². The molecule has 1 aromatic rings. The maximum absolute atomic E-state index is 5.55. The van der Waals surface area contributed by atoms with Crippen molar-refractivity contribution in [1.29, 1.82) is 0 Å². The smallest absolute Gasteiger partial charge is 0.0105 e. The fourth-order valence-electron chi connectivity index (χ4n) is 2.22. The molecule has 2 N–H and O–H groups in total. The third-order valence-corrected chi connectivity index (χ3v) is 3.32. The number of likely N-dealkylation sites (tertiary alicyclic amines) is 1. The molecule has 2 nitrogen and oxygen atoms in total. The molecule has 118 valence electrons. The van der Waals surface area contributed by atoms with Crippen molar-refractivity contribution in [1.82, 2.24) is 4.90 Å². The van der Waals surface area contributed by atoms with E-state index in [-0.39, 0.29) is 0 Å². The van der Waals surface area contributed by atoms with Crippen LogP contribution < -0.4 is 5.73 Å². The van der Waals surface area contributed by atoms with Gasteiger partial charge in [0.15, 0.2) is 0 Å². The number of benzene rings is 1.